The van der Waals surface area contributed by atoms with Crippen LogP contribution < -0.4 is 21.1 Å². The highest BCUT2D eigenvalue weighted by molar-refractivity contribution is 8.13. The Morgan fingerprint density at radius 1 is 1.06 bits per heavy atom. The number of methoxy groups -OCH3 is 1. The summed E-state index contributed by atoms with van der Waals surface area (Å²) in [6, 6.07) is 6.50. The van der Waals surface area contributed by atoms with E-state index in [1.165, 1.54) is 6.92 Å². The van der Waals surface area contributed by atoms with Crippen LogP contribution in [-0.4, -0.2) is 61.0 Å². The van der Waals surface area contributed by atoms with Gasteiger partial charge < -0.3 is 25.8 Å². The van der Waals surface area contributed by atoms with Gasteiger partial charge in [-0.2, -0.15) is 0 Å². The lowest BCUT2D eigenvalue weighted by Crippen LogP contribution is -2.42. The fraction of sp³-hybridized carbons (Fsp3) is 0.565. The zero-order chi connectivity index (χ0) is 24.8. The van der Waals surface area contributed by atoms with Crippen LogP contribution in [0.2, 0.25) is 0 Å². The van der Waals surface area contributed by atoms with E-state index in [4.69, 9.17) is 15.2 Å². The highest BCUT2D eigenvalue weighted by Gasteiger charge is 2.24. The van der Waals surface area contributed by atoms with Crippen LogP contribution in [0.3, 0.4) is 0 Å². The van der Waals surface area contributed by atoms with Crippen molar-refractivity contribution in [1.29, 1.82) is 0 Å². The van der Waals surface area contributed by atoms with E-state index in [2.05, 4.69) is 10.6 Å². The molecule has 1 aromatic carbocycles. The molecule has 0 radical (unpaired) electrons. The van der Waals surface area contributed by atoms with Crippen LogP contribution in [0.15, 0.2) is 24.3 Å². The summed E-state index contributed by atoms with van der Waals surface area (Å²) in [6.07, 6.45) is -0.190. The van der Waals surface area contributed by atoms with Crippen molar-refractivity contribution >= 4 is 34.7 Å². The average molecular weight is 482 g/mol. The predicted molar refractivity (Wildman–Crippen MR) is 128 cm³/mol. The Kier molecular flexibility index (Phi) is 13.2. The van der Waals surface area contributed by atoms with E-state index in [1.807, 2.05) is 26.0 Å². The molecule has 0 aromatic heterocycles. The molecule has 33 heavy (non-hydrogen) atoms. The molecule has 2 atom stereocenters. The fourth-order valence-corrected chi connectivity index (χ4v) is 3.57. The van der Waals surface area contributed by atoms with E-state index in [-0.39, 0.29) is 35.8 Å². The maximum absolute atomic E-state index is 12.4. The topological polar surface area (TPSA) is 137 Å². The summed E-state index contributed by atoms with van der Waals surface area (Å²) >= 11 is 1.02. The van der Waals surface area contributed by atoms with Gasteiger partial charge in [0.05, 0.1) is 19.6 Å². The number of carbonyl (C=O) groups is 4. The van der Waals surface area contributed by atoms with Gasteiger partial charge in [0.15, 0.2) is 6.10 Å². The molecule has 0 aliphatic rings. The number of benzene rings is 1. The molecule has 1 rings (SSSR count). The Balaban J connectivity index is 2.42. The second-order valence-corrected chi connectivity index (χ2v) is 9.06. The second-order valence-electron chi connectivity index (χ2n) is 7.96. The van der Waals surface area contributed by atoms with Crippen LogP contribution in [0.5, 0.6) is 5.75 Å². The van der Waals surface area contributed by atoms with E-state index in [0.29, 0.717) is 25.1 Å². The van der Waals surface area contributed by atoms with Crippen molar-refractivity contribution in [2.24, 2.45) is 11.7 Å². The second kappa shape index (κ2) is 15.3. The van der Waals surface area contributed by atoms with Crippen molar-refractivity contribution in [2.45, 2.75) is 52.2 Å². The third-order valence-corrected chi connectivity index (χ3v) is 5.48. The Morgan fingerprint density at radius 2 is 1.73 bits per heavy atom. The molecule has 10 heteroatoms. The minimum atomic E-state index is -0.868. The van der Waals surface area contributed by atoms with E-state index in [1.54, 1.807) is 19.2 Å². The molecule has 0 saturated carbocycles. The molecule has 1 aromatic rings. The standard InChI is InChI=1S/C23H35N3O6S/c1-15(2)13-20(23(30)33-12-11-25-16(3)27)32-21(28)9-10-26-22(29)19(24)14-17-5-7-18(31-4)8-6-17/h5-8,15,19-20H,9-14,24H2,1-4H3,(H,25,27)(H,26,29)/t19-,20+/m1/s1. The fourth-order valence-electron chi connectivity index (χ4n) is 2.84. The van der Waals surface area contributed by atoms with E-state index in [0.717, 1.165) is 23.1 Å². The van der Waals surface area contributed by atoms with E-state index < -0.39 is 18.1 Å². The van der Waals surface area contributed by atoms with Gasteiger partial charge >= 0.3 is 5.97 Å². The summed E-state index contributed by atoms with van der Waals surface area (Å²) < 4.78 is 10.5. The Labute approximate surface area is 199 Å². The number of amides is 2. The molecular weight excluding hydrogens is 446 g/mol. The molecule has 2 amide bonds. The quantitative estimate of drug-likeness (QED) is 0.268. The summed E-state index contributed by atoms with van der Waals surface area (Å²) in [5.74, 6) is 0.155. The van der Waals surface area contributed by atoms with Crippen molar-refractivity contribution < 1.29 is 28.7 Å². The number of hydrogen-bond acceptors (Lipinski definition) is 8. The monoisotopic (exact) mass is 481 g/mol. The van der Waals surface area contributed by atoms with Crippen molar-refractivity contribution in [3.8, 4) is 5.75 Å². The van der Waals surface area contributed by atoms with Crippen molar-refractivity contribution in [3.63, 3.8) is 0 Å². The molecule has 0 unspecified atom stereocenters. The van der Waals surface area contributed by atoms with Crippen LogP contribution in [0.25, 0.3) is 0 Å². The third-order valence-electron chi connectivity index (χ3n) is 4.52. The highest BCUT2D eigenvalue weighted by atomic mass is 32.2. The Hall–Kier alpha value is -2.59. The number of carbonyl (C=O) groups excluding carboxylic acids is 4. The smallest absolute Gasteiger partial charge is 0.308 e. The first-order valence-corrected chi connectivity index (χ1v) is 11.9. The number of hydrogen-bond donors (Lipinski definition) is 3. The maximum atomic E-state index is 12.4. The Morgan fingerprint density at radius 3 is 2.30 bits per heavy atom. The largest absolute Gasteiger partial charge is 0.497 e. The van der Waals surface area contributed by atoms with Gasteiger partial charge in [0, 0.05) is 25.8 Å². The van der Waals surface area contributed by atoms with Crippen LogP contribution in [0, 0.1) is 5.92 Å². The molecule has 0 heterocycles. The molecule has 0 aliphatic heterocycles. The predicted octanol–water partition coefficient (Wildman–Crippen LogP) is 1.43. The molecule has 184 valence electrons. The first kappa shape index (κ1) is 28.4. The third kappa shape index (κ3) is 12.3. The molecule has 9 nitrogen and oxygen atoms in total. The number of rotatable bonds is 14. The number of nitrogens with one attached hydrogen (secondary N) is 2. The van der Waals surface area contributed by atoms with Gasteiger partial charge in [-0.05, 0) is 36.5 Å². The maximum Gasteiger partial charge on any atom is 0.308 e. The van der Waals surface area contributed by atoms with Crippen molar-refractivity contribution in [2.75, 3.05) is 26.0 Å². The summed E-state index contributed by atoms with van der Waals surface area (Å²) in [7, 11) is 1.58. The molecule has 0 spiro atoms. The number of esters is 1. The van der Waals surface area contributed by atoms with Gasteiger partial charge in [0.25, 0.3) is 0 Å². The molecule has 0 bridgehead atoms. The minimum Gasteiger partial charge on any atom is -0.497 e. The first-order valence-electron chi connectivity index (χ1n) is 10.9. The number of ether oxygens (including phenoxy) is 2. The van der Waals surface area contributed by atoms with Crippen LogP contribution >= 0.6 is 11.8 Å². The summed E-state index contributed by atoms with van der Waals surface area (Å²) in [5.41, 5.74) is 6.85. The van der Waals surface area contributed by atoms with Crippen LogP contribution in [-0.2, 0) is 30.3 Å². The SMILES string of the molecule is COc1ccc(C[C@@H](N)C(=O)NCCC(=O)O[C@@H](CC(C)C)C(=O)SCCNC(C)=O)cc1. The molecule has 0 aliphatic carbocycles. The highest BCUT2D eigenvalue weighted by Crippen LogP contribution is 2.17. The summed E-state index contributed by atoms with van der Waals surface area (Å²) in [4.78, 5) is 47.8. The van der Waals surface area contributed by atoms with Crippen molar-refractivity contribution in [3.05, 3.63) is 29.8 Å². The van der Waals surface area contributed by atoms with Gasteiger partial charge in [-0.3, -0.25) is 19.2 Å². The Bertz CT molecular complexity index is 785. The minimum absolute atomic E-state index is 0.0617. The van der Waals surface area contributed by atoms with Gasteiger partial charge in [0.1, 0.15) is 5.75 Å². The average Bonchev–Trinajstić information content (AvgIpc) is 2.76. The lowest BCUT2D eigenvalue weighted by Gasteiger charge is -2.18. The lowest BCUT2D eigenvalue weighted by molar-refractivity contribution is -0.153. The normalized spacial score (nSPS) is 12.5. The molecule has 4 N–H and O–H groups in total. The van der Waals surface area contributed by atoms with E-state index >= 15 is 0 Å². The number of thioether (sulfide) groups is 1. The first-order chi connectivity index (χ1) is 15.6. The van der Waals surface area contributed by atoms with Crippen molar-refractivity contribution in [1.82, 2.24) is 10.6 Å². The molecular formula is C23H35N3O6S. The van der Waals surface area contributed by atoms with Gasteiger partial charge in [-0.25, -0.2) is 0 Å². The van der Waals surface area contributed by atoms with Gasteiger partial charge in [-0.1, -0.05) is 37.7 Å². The zero-order valence-corrected chi connectivity index (χ0v) is 20.5. The molecule has 0 saturated heterocycles. The van der Waals surface area contributed by atoms with Crippen LogP contribution in [0.4, 0.5) is 0 Å². The number of nitrogens with two attached hydrogens (primary N) is 1. The molecule has 0 fully saturated rings. The zero-order valence-electron chi connectivity index (χ0n) is 19.7. The van der Waals surface area contributed by atoms with E-state index in [9.17, 15) is 19.2 Å². The van der Waals surface area contributed by atoms with Gasteiger partial charge in [-0.15, -0.1) is 0 Å². The summed E-state index contributed by atoms with van der Waals surface area (Å²) in [6.45, 7) is 5.69. The van der Waals surface area contributed by atoms with Gasteiger partial charge in [0.2, 0.25) is 16.9 Å². The van der Waals surface area contributed by atoms with Crippen LogP contribution in [0.1, 0.15) is 39.2 Å². The lowest BCUT2D eigenvalue weighted by atomic mass is 10.1. The summed E-state index contributed by atoms with van der Waals surface area (Å²) in [5, 5.41) is 4.99.